The van der Waals surface area contributed by atoms with Crippen molar-refractivity contribution in [1.82, 2.24) is 10.2 Å². The van der Waals surface area contributed by atoms with Gasteiger partial charge in [0.1, 0.15) is 0 Å². The molecule has 0 aromatic carbocycles. The number of anilines is 1. The molecule has 0 saturated heterocycles. The van der Waals surface area contributed by atoms with E-state index in [-0.39, 0.29) is 11.3 Å². The summed E-state index contributed by atoms with van der Waals surface area (Å²) in [6.07, 6.45) is 2.90. The van der Waals surface area contributed by atoms with Crippen LogP contribution in [0.4, 0.5) is 5.82 Å². The summed E-state index contributed by atoms with van der Waals surface area (Å²) in [6.45, 7) is 9.08. The van der Waals surface area contributed by atoms with Gasteiger partial charge in [0.05, 0.1) is 6.10 Å². The average Bonchev–Trinajstić information content (AvgIpc) is 2.74. The molecule has 2 N–H and O–H groups in total. The summed E-state index contributed by atoms with van der Waals surface area (Å²) in [5.74, 6) is 1.10. The Morgan fingerprint density at radius 1 is 1.50 bits per heavy atom. The molecule has 0 unspecified atom stereocenters. The number of rotatable bonds is 5. The monoisotopic (exact) mass is 279 g/mol. The van der Waals surface area contributed by atoms with Crippen molar-refractivity contribution in [1.29, 1.82) is 0 Å². The van der Waals surface area contributed by atoms with E-state index in [0.717, 1.165) is 25.1 Å². The molecule has 5 nitrogen and oxygen atoms in total. The topological polar surface area (TPSA) is 67.0 Å². The molecule has 1 saturated carbocycles. The third kappa shape index (κ3) is 3.82. The largest absolute Gasteiger partial charge is 0.378 e. The number of H-pyrrole nitrogens is 1. The number of aromatic nitrogens is 2. The number of carbonyl (C=O) groups is 1. The maximum Gasteiger partial charge on any atom is 0.225 e. The van der Waals surface area contributed by atoms with Gasteiger partial charge in [0, 0.05) is 30.2 Å². The van der Waals surface area contributed by atoms with E-state index in [2.05, 4.69) is 36.3 Å². The van der Waals surface area contributed by atoms with Crippen LogP contribution in [0.2, 0.25) is 0 Å². The molecule has 0 atom stereocenters. The van der Waals surface area contributed by atoms with E-state index in [1.165, 1.54) is 0 Å². The van der Waals surface area contributed by atoms with Gasteiger partial charge in [-0.3, -0.25) is 9.89 Å². The maximum absolute atomic E-state index is 11.9. The average molecular weight is 279 g/mol. The normalized spacial score (nSPS) is 22.4. The predicted molar refractivity (Wildman–Crippen MR) is 78.7 cm³/mol. The first-order valence-electron chi connectivity index (χ1n) is 7.35. The molecule has 0 radical (unpaired) electrons. The summed E-state index contributed by atoms with van der Waals surface area (Å²) < 4.78 is 5.50. The number of carbonyl (C=O) groups excluding carboxylic acids is 1. The summed E-state index contributed by atoms with van der Waals surface area (Å²) in [4.78, 5) is 11.9. The van der Waals surface area contributed by atoms with Gasteiger partial charge < -0.3 is 10.1 Å². The minimum atomic E-state index is 0.00859. The van der Waals surface area contributed by atoms with Crippen molar-refractivity contribution in [2.45, 2.75) is 58.5 Å². The number of hydrogen-bond acceptors (Lipinski definition) is 3. The van der Waals surface area contributed by atoms with Gasteiger partial charge >= 0.3 is 0 Å². The fourth-order valence-electron chi connectivity index (χ4n) is 2.44. The van der Waals surface area contributed by atoms with Crippen molar-refractivity contribution in [2.24, 2.45) is 5.92 Å². The molecular formula is C15H25N3O2. The maximum atomic E-state index is 11.9. The Bertz CT molecular complexity index is 456. The molecule has 0 bridgehead atoms. The van der Waals surface area contributed by atoms with Gasteiger partial charge in [-0.25, -0.2) is 0 Å². The van der Waals surface area contributed by atoms with Gasteiger partial charge in [-0.05, 0) is 25.7 Å². The zero-order valence-corrected chi connectivity index (χ0v) is 12.8. The molecule has 2 rings (SSSR count). The van der Waals surface area contributed by atoms with Crippen molar-refractivity contribution in [3.8, 4) is 0 Å². The van der Waals surface area contributed by atoms with E-state index in [4.69, 9.17) is 4.74 Å². The molecule has 0 spiro atoms. The highest BCUT2D eigenvalue weighted by atomic mass is 16.5. The third-order valence-electron chi connectivity index (χ3n) is 3.72. The van der Waals surface area contributed by atoms with Gasteiger partial charge in [-0.1, -0.05) is 20.8 Å². The quantitative estimate of drug-likeness (QED) is 0.871. The fourth-order valence-corrected chi connectivity index (χ4v) is 2.44. The molecule has 1 heterocycles. The highest BCUT2D eigenvalue weighted by Gasteiger charge is 2.31. The van der Waals surface area contributed by atoms with Crippen LogP contribution in [0.1, 0.15) is 52.7 Å². The van der Waals surface area contributed by atoms with Crippen molar-refractivity contribution < 1.29 is 9.53 Å². The summed E-state index contributed by atoms with van der Waals surface area (Å²) in [5.41, 5.74) is 1.03. The van der Waals surface area contributed by atoms with Gasteiger partial charge in [0.25, 0.3) is 0 Å². The first-order valence-corrected chi connectivity index (χ1v) is 7.35. The van der Waals surface area contributed by atoms with Crippen molar-refractivity contribution >= 4 is 11.7 Å². The number of nitrogens with zero attached hydrogens (tertiary/aromatic N) is 1. The molecule has 1 aromatic rings. The second-order valence-electron chi connectivity index (χ2n) is 6.58. The molecule has 112 valence electrons. The SMILES string of the molecule is CCOC1CC(CC(=O)Nc2cc(C(C)(C)C)[nH]n2)C1. The highest BCUT2D eigenvalue weighted by Crippen LogP contribution is 2.32. The Balaban J connectivity index is 1.77. The summed E-state index contributed by atoms with van der Waals surface area (Å²) in [5, 5.41) is 9.97. The molecule has 1 fully saturated rings. The van der Waals surface area contributed by atoms with Crippen LogP contribution in [0.5, 0.6) is 0 Å². The molecule has 0 aliphatic heterocycles. The van der Waals surface area contributed by atoms with Crippen LogP contribution in [0, 0.1) is 5.92 Å². The van der Waals surface area contributed by atoms with Gasteiger partial charge in [0.15, 0.2) is 5.82 Å². The summed E-state index contributed by atoms with van der Waals surface area (Å²) in [6, 6.07) is 1.90. The second-order valence-corrected chi connectivity index (χ2v) is 6.58. The first-order chi connectivity index (χ1) is 9.38. The van der Waals surface area contributed by atoms with E-state index < -0.39 is 0 Å². The lowest BCUT2D eigenvalue weighted by molar-refractivity contribution is -0.119. The summed E-state index contributed by atoms with van der Waals surface area (Å²) in [7, 11) is 0. The van der Waals surface area contributed by atoms with Crippen LogP contribution < -0.4 is 5.32 Å². The number of ether oxygens (including phenoxy) is 1. The Morgan fingerprint density at radius 2 is 2.20 bits per heavy atom. The lowest BCUT2D eigenvalue weighted by Gasteiger charge is -2.34. The molecule has 1 aliphatic carbocycles. The lowest BCUT2D eigenvalue weighted by atomic mass is 9.80. The molecule has 1 amide bonds. The van der Waals surface area contributed by atoms with Gasteiger partial charge in [-0.15, -0.1) is 0 Å². The Morgan fingerprint density at radius 3 is 2.75 bits per heavy atom. The van der Waals surface area contributed by atoms with Crippen molar-refractivity contribution in [3.63, 3.8) is 0 Å². The zero-order chi connectivity index (χ0) is 14.8. The summed E-state index contributed by atoms with van der Waals surface area (Å²) >= 11 is 0. The number of aromatic amines is 1. The minimum Gasteiger partial charge on any atom is -0.378 e. The van der Waals surface area contributed by atoms with Gasteiger partial charge in [-0.2, -0.15) is 5.10 Å². The fraction of sp³-hybridized carbons (Fsp3) is 0.733. The molecule has 5 heteroatoms. The molecule has 20 heavy (non-hydrogen) atoms. The van der Waals surface area contributed by atoms with Gasteiger partial charge in [0.2, 0.25) is 5.91 Å². The van der Waals surface area contributed by atoms with Crippen LogP contribution in [-0.2, 0) is 14.9 Å². The standard InChI is InChI=1S/C15H25N3O2/c1-5-20-11-6-10(7-11)8-14(19)16-13-9-12(17-18-13)15(2,3)4/h9-11H,5-8H2,1-4H3,(H2,16,17,18,19). The molecule has 1 aliphatic rings. The Kier molecular flexibility index (Phi) is 4.48. The van der Waals surface area contributed by atoms with Crippen molar-refractivity contribution in [2.75, 3.05) is 11.9 Å². The van der Waals surface area contributed by atoms with E-state index in [1.807, 2.05) is 13.0 Å². The Hall–Kier alpha value is -1.36. The van der Waals surface area contributed by atoms with Crippen LogP contribution in [0.15, 0.2) is 6.07 Å². The van der Waals surface area contributed by atoms with Crippen LogP contribution in [-0.4, -0.2) is 28.8 Å². The molecular weight excluding hydrogens is 254 g/mol. The number of nitrogens with one attached hydrogen (secondary N) is 2. The smallest absolute Gasteiger partial charge is 0.225 e. The van der Waals surface area contributed by atoms with Crippen LogP contribution in [0.25, 0.3) is 0 Å². The number of hydrogen-bond donors (Lipinski definition) is 2. The van der Waals surface area contributed by atoms with E-state index >= 15 is 0 Å². The van der Waals surface area contributed by atoms with Crippen LogP contribution >= 0.6 is 0 Å². The second kappa shape index (κ2) is 5.95. The van der Waals surface area contributed by atoms with Crippen molar-refractivity contribution in [3.05, 3.63) is 11.8 Å². The highest BCUT2D eigenvalue weighted by molar-refractivity contribution is 5.90. The third-order valence-corrected chi connectivity index (χ3v) is 3.72. The lowest BCUT2D eigenvalue weighted by Crippen LogP contribution is -2.33. The first kappa shape index (κ1) is 15.0. The van der Waals surface area contributed by atoms with E-state index in [9.17, 15) is 4.79 Å². The minimum absolute atomic E-state index is 0.00859. The van der Waals surface area contributed by atoms with E-state index in [1.54, 1.807) is 0 Å². The predicted octanol–water partition coefficient (Wildman–Crippen LogP) is 2.85. The van der Waals surface area contributed by atoms with E-state index in [0.29, 0.717) is 24.3 Å². The zero-order valence-electron chi connectivity index (χ0n) is 12.8. The van der Waals surface area contributed by atoms with Crippen LogP contribution in [0.3, 0.4) is 0 Å². The number of amides is 1. The molecule has 1 aromatic heterocycles. The Labute approximate surface area is 120 Å².